The Morgan fingerprint density at radius 3 is 1.10 bits per heavy atom. The molecule has 2 unspecified atom stereocenters. The van der Waals surface area contributed by atoms with Crippen molar-refractivity contribution in [3.8, 4) is 0 Å². The highest BCUT2D eigenvalue weighted by molar-refractivity contribution is 4.97. The van der Waals surface area contributed by atoms with E-state index in [9.17, 15) is 0 Å². The lowest BCUT2D eigenvalue weighted by atomic mass is 9.52. The van der Waals surface area contributed by atoms with E-state index in [0.717, 1.165) is 35.0 Å². The van der Waals surface area contributed by atoms with E-state index in [-0.39, 0.29) is 0 Å². The van der Waals surface area contributed by atoms with Gasteiger partial charge in [0.2, 0.25) is 0 Å². The molecule has 0 saturated heterocycles. The third kappa shape index (κ3) is 5.29. The smallest absolute Gasteiger partial charge is 0.0292 e. The molecule has 0 amide bonds. The molecule has 21 heavy (non-hydrogen) atoms. The summed E-state index contributed by atoms with van der Waals surface area (Å²) in [5.74, 6) is 5.19. The fraction of sp³-hybridized carbons (Fsp3) is 1.00. The van der Waals surface area contributed by atoms with E-state index in [4.69, 9.17) is 0 Å². The fourth-order valence-electron chi connectivity index (χ4n) is 5.30. The lowest BCUT2D eigenvalue weighted by Crippen LogP contribution is -2.41. The van der Waals surface area contributed by atoms with Gasteiger partial charge in [-0.05, 0) is 80.0 Å². The molecule has 1 spiro atoms. The molecular weight excluding hydrogens is 252 g/mol. The zero-order chi connectivity index (χ0) is 15.5. The van der Waals surface area contributed by atoms with Crippen molar-refractivity contribution in [1.29, 1.82) is 0 Å². The van der Waals surface area contributed by atoms with E-state index in [1.54, 1.807) is 25.7 Å². The monoisotopic (exact) mass is 292 g/mol. The molecule has 124 valence electrons. The highest BCUT2D eigenvalue weighted by Crippen LogP contribution is 2.58. The predicted octanol–water partition coefficient (Wildman–Crippen LogP) is 7.08. The van der Waals surface area contributed by atoms with Crippen molar-refractivity contribution in [2.45, 2.75) is 98.8 Å². The Bertz CT molecular complexity index is 273. The molecule has 0 heterocycles. The Balaban J connectivity index is 0.000000117. The molecule has 0 radical (unpaired) electrons. The molecule has 0 N–H and O–H groups in total. The van der Waals surface area contributed by atoms with Gasteiger partial charge in [-0.1, -0.05) is 53.9 Å². The van der Waals surface area contributed by atoms with Crippen molar-refractivity contribution in [2.75, 3.05) is 0 Å². The van der Waals surface area contributed by atoms with Gasteiger partial charge in [0.05, 0.1) is 0 Å². The Morgan fingerprint density at radius 1 is 0.571 bits per heavy atom. The molecule has 4 fully saturated rings. The Kier molecular flexibility index (Phi) is 6.21. The van der Waals surface area contributed by atoms with E-state index in [1.165, 1.54) is 38.5 Å². The fourth-order valence-corrected chi connectivity index (χ4v) is 5.30. The average Bonchev–Trinajstić information content (AvgIpc) is 2.67. The van der Waals surface area contributed by atoms with E-state index in [0.29, 0.717) is 0 Å². The SMILES string of the molecule is CC1CC(C)C1.CC1CC2(CCC2)C1.CC1CCC(C)C1. The number of rotatable bonds is 0. The van der Waals surface area contributed by atoms with Gasteiger partial charge in [0.1, 0.15) is 0 Å². The van der Waals surface area contributed by atoms with Crippen LogP contribution in [0, 0.1) is 35.0 Å². The summed E-state index contributed by atoms with van der Waals surface area (Å²) in [5.41, 5.74) is 0.916. The summed E-state index contributed by atoms with van der Waals surface area (Å²) in [5, 5.41) is 0. The number of hydrogen-bond acceptors (Lipinski definition) is 0. The van der Waals surface area contributed by atoms with Crippen LogP contribution in [0.5, 0.6) is 0 Å². The summed E-state index contributed by atoms with van der Waals surface area (Å²) in [6.45, 7) is 11.7. The van der Waals surface area contributed by atoms with Gasteiger partial charge in [0.25, 0.3) is 0 Å². The molecule has 0 nitrogen and oxygen atoms in total. The second kappa shape index (κ2) is 7.51. The lowest BCUT2D eigenvalue weighted by molar-refractivity contribution is -0.0161. The quantitative estimate of drug-likeness (QED) is 0.447. The van der Waals surface area contributed by atoms with Gasteiger partial charge in [-0.3, -0.25) is 0 Å². The first-order chi connectivity index (χ1) is 9.88. The van der Waals surface area contributed by atoms with Crippen LogP contribution in [0.25, 0.3) is 0 Å². The van der Waals surface area contributed by atoms with Gasteiger partial charge in [0.15, 0.2) is 0 Å². The van der Waals surface area contributed by atoms with Crippen LogP contribution in [0.3, 0.4) is 0 Å². The van der Waals surface area contributed by atoms with Crippen LogP contribution in [0.1, 0.15) is 98.8 Å². The maximum Gasteiger partial charge on any atom is -0.0292 e. The van der Waals surface area contributed by atoms with E-state index in [2.05, 4.69) is 34.6 Å². The van der Waals surface area contributed by atoms with Gasteiger partial charge in [-0.15, -0.1) is 0 Å². The highest BCUT2D eigenvalue weighted by Gasteiger charge is 2.45. The maximum atomic E-state index is 2.38. The minimum Gasteiger partial charge on any atom is -0.0625 e. The minimum atomic E-state index is 0.916. The van der Waals surface area contributed by atoms with E-state index in [1.807, 2.05) is 0 Å². The minimum absolute atomic E-state index is 0.916. The number of hydrogen-bond donors (Lipinski definition) is 0. The topological polar surface area (TPSA) is 0 Å². The van der Waals surface area contributed by atoms with Crippen LogP contribution in [0.4, 0.5) is 0 Å². The first kappa shape index (κ1) is 17.4. The molecule has 4 aliphatic rings. The molecule has 4 saturated carbocycles. The third-order valence-electron chi connectivity index (χ3n) is 6.54. The molecule has 0 aliphatic heterocycles. The second-order valence-electron chi connectivity index (χ2n) is 9.57. The van der Waals surface area contributed by atoms with Crippen molar-refractivity contribution >= 4 is 0 Å². The largest absolute Gasteiger partial charge is 0.0625 e. The van der Waals surface area contributed by atoms with Crippen molar-refractivity contribution < 1.29 is 0 Å². The standard InChI is InChI=1S/C8H14.C7H14.C6H12/c1-7-5-8(6-7)3-2-4-8;1-6-3-4-7(2)5-6;1-5-3-6(2)4-5/h7H,2-6H2,1H3;6-7H,3-5H2,1-2H3;5-6H,3-4H2,1-2H3. The van der Waals surface area contributed by atoms with Crippen LogP contribution in [-0.4, -0.2) is 0 Å². The van der Waals surface area contributed by atoms with Crippen LogP contribution in [-0.2, 0) is 0 Å². The Hall–Kier alpha value is 0. The van der Waals surface area contributed by atoms with Crippen molar-refractivity contribution in [2.24, 2.45) is 35.0 Å². The molecule has 2 atom stereocenters. The molecule has 0 heteroatoms. The molecule has 4 aliphatic carbocycles. The normalized spacial score (nSPS) is 39.9. The average molecular weight is 293 g/mol. The summed E-state index contributed by atoms with van der Waals surface area (Å²) in [7, 11) is 0. The molecule has 0 aromatic rings. The van der Waals surface area contributed by atoms with Crippen LogP contribution in [0.15, 0.2) is 0 Å². The van der Waals surface area contributed by atoms with Gasteiger partial charge in [0, 0.05) is 0 Å². The summed E-state index contributed by atoms with van der Waals surface area (Å²) in [6, 6.07) is 0. The summed E-state index contributed by atoms with van der Waals surface area (Å²) < 4.78 is 0. The van der Waals surface area contributed by atoms with Gasteiger partial charge >= 0.3 is 0 Å². The molecule has 0 aromatic heterocycles. The highest BCUT2D eigenvalue weighted by atomic mass is 14.5. The molecule has 0 aromatic carbocycles. The van der Waals surface area contributed by atoms with Crippen molar-refractivity contribution in [3.05, 3.63) is 0 Å². The van der Waals surface area contributed by atoms with Crippen LogP contribution in [0.2, 0.25) is 0 Å². The predicted molar refractivity (Wildman–Crippen MR) is 94.4 cm³/mol. The zero-order valence-corrected chi connectivity index (χ0v) is 15.5. The first-order valence-electron chi connectivity index (χ1n) is 9.88. The van der Waals surface area contributed by atoms with Crippen molar-refractivity contribution in [1.82, 2.24) is 0 Å². The Labute approximate surface area is 134 Å². The van der Waals surface area contributed by atoms with E-state index < -0.39 is 0 Å². The van der Waals surface area contributed by atoms with Gasteiger partial charge < -0.3 is 0 Å². The van der Waals surface area contributed by atoms with Gasteiger partial charge in [-0.25, -0.2) is 0 Å². The summed E-state index contributed by atoms with van der Waals surface area (Å²) >= 11 is 0. The maximum absolute atomic E-state index is 2.38. The Morgan fingerprint density at radius 2 is 1.00 bits per heavy atom. The van der Waals surface area contributed by atoms with Crippen LogP contribution < -0.4 is 0 Å². The molecule has 0 bridgehead atoms. The van der Waals surface area contributed by atoms with Crippen molar-refractivity contribution in [3.63, 3.8) is 0 Å². The third-order valence-corrected chi connectivity index (χ3v) is 6.54. The summed E-state index contributed by atoms with van der Waals surface area (Å²) in [6.07, 6.45) is 15.1. The second-order valence-corrected chi connectivity index (χ2v) is 9.57. The summed E-state index contributed by atoms with van der Waals surface area (Å²) in [4.78, 5) is 0. The molecule has 4 rings (SSSR count). The zero-order valence-electron chi connectivity index (χ0n) is 15.5. The lowest BCUT2D eigenvalue weighted by Gasteiger charge is -2.53. The van der Waals surface area contributed by atoms with E-state index >= 15 is 0 Å². The molecular formula is C21H40. The van der Waals surface area contributed by atoms with Gasteiger partial charge in [-0.2, -0.15) is 0 Å². The first-order valence-corrected chi connectivity index (χ1v) is 9.88. The van der Waals surface area contributed by atoms with Crippen LogP contribution >= 0.6 is 0 Å².